The molecule has 0 fully saturated rings. The van der Waals surface area contributed by atoms with E-state index in [4.69, 9.17) is 22.3 Å². The number of aliphatic hydroxyl groups is 1. The van der Waals surface area contributed by atoms with E-state index < -0.39 is 134 Å². The topological polar surface area (TPSA) is 373 Å². The average Bonchev–Trinajstić information content (AvgIpc) is 3.03. The third kappa shape index (κ3) is 19.5. The fourth-order valence-corrected chi connectivity index (χ4v) is 4.74. The third-order valence-corrected chi connectivity index (χ3v) is 7.56. The van der Waals surface area contributed by atoms with Crippen molar-refractivity contribution in [3.05, 3.63) is 0 Å². The van der Waals surface area contributed by atoms with Crippen molar-refractivity contribution >= 4 is 53.4 Å². The van der Waals surface area contributed by atoms with Gasteiger partial charge in [-0.05, 0) is 64.3 Å². The Kier molecular flexibility index (Phi) is 22.0. The molecule has 0 aliphatic rings. The molecule has 0 heterocycles. The lowest BCUT2D eigenvalue weighted by molar-refractivity contribution is -0.143. The highest BCUT2D eigenvalue weighted by molar-refractivity contribution is 5.97. The maximum Gasteiger partial charge on any atom is 0.326 e. The molecule has 21 heteroatoms. The summed E-state index contributed by atoms with van der Waals surface area (Å²) in [6, 6.07) is -9.08. The lowest BCUT2D eigenvalue weighted by atomic mass is 10.0. The maximum atomic E-state index is 13.4. The summed E-state index contributed by atoms with van der Waals surface area (Å²) in [4.78, 5) is 112. The number of aliphatic carboxylic acids is 3. The smallest absolute Gasteiger partial charge is 0.326 e. The molecule has 0 saturated carbocycles. The number of carbonyl (C=O) groups is 9. The minimum absolute atomic E-state index is 0.00466. The zero-order valence-electron chi connectivity index (χ0n) is 29.6. The van der Waals surface area contributed by atoms with Crippen molar-refractivity contribution in [2.45, 2.75) is 127 Å². The number of carbonyl (C=O) groups excluding carboxylic acids is 6. The van der Waals surface area contributed by atoms with Gasteiger partial charge in [-0.25, -0.2) is 4.79 Å². The molecule has 0 aromatic heterocycles. The number of rotatable bonds is 27. The van der Waals surface area contributed by atoms with Crippen LogP contribution < -0.4 is 43.8 Å². The van der Waals surface area contributed by atoms with Gasteiger partial charge in [-0.15, -0.1) is 0 Å². The van der Waals surface area contributed by atoms with Crippen LogP contribution in [0.2, 0.25) is 0 Å². The molecule has 0 aromatic rings. The monoisotopic (exact) mass is 746 g/mol. The Morgan fingerprint density at radius 2 is 1.00 bits per heavy atom. The van der Waals surface area contributed by atoms with Crippen LogP contribution in [0.4, 0.5) is 0 Å². The first-order valence-corrected chi connectivity index (χ1v) is 16.8. The van der Waals surface area contributed by atoms with Gasteiger partial charge in [0.2, 0.25) is 35.4 Å². The summed E-state index contributed by atoms with van der Waals surface area (Å²) in [5.74, 6) is -10.1. The molecule has 0 saturated heterocycles. The molecular formula is C31H54N8O13. The molecule has 0 rings (SSSR count). The maximum absolute atomic E-state index is 13.4. The summed E-state index contributed by atoms with van der Waals surface area (Å²) in [5.41, 5.74) is 16.5. The van der Waals surface area contributed by atoms with Crippen molar-refractivity contribution < 1.29 is 63.6 Å². The SMILES string of the molecule is CC(C)C[C@H](N)C(=O)N[C@@H](CCC(=O)O)C(=O)N[C@H](C(=O)N[C@@H](CCC(N)=O)C(=O)N[C@@H](CCC(=O)O)C(=O)N[C@@H](CCCCN)C(=O)O)[C@@H](C)O. The van der Waals surface area contributed by atoms with Crippen molar-refractivity contribution in [1.29, 1.82) is 0 Å². The summed E-state index contributed by atoms with van der Waals surface area (Å²) in [5, 5.41) is 49.6. The Bertz CT molecular complexity index is 1260. The molecule has 7 atom stereocenters. The number of aliphatic hydroxyl groups excluding tert-OH is 1. The van der Waals surface area contributed by atoms with Gasteiger partial charge >= 0.3 is 17.9 Å². The van der Waals surface area contributed by atoms with E-state index >= 15 is 0 Å². The van der Waals surface area contributed by atoms with Gasteiger partial charge in [0.15, 0.2) is 0 Å². The highest BCUT2D eigenvalue weighted by atomic mass is 16.4. The Labute approximate surface area is 300 Å². The molecule has 0 spiro atoms. The molecule has 0 aliphatic heterocycles. The standard InChI is InChI=1S/C31H54N8O13/c1-15(2)14-17(33)26(46)35-20(9-12-24(44)45)29(49)39-25(16(3)40)30(50)37-18(7-10-22(34)41)27(47)36-19(8-11-23(42)43)28(48)38-21(31(51)52)6-4-5-13-32/h15-21,25,40H,4-14,32-33H2,1-3H3,(H2,34,41)(H,35,46)(H,36,47)(H,37,50)(H,38,48)(H,39,49)(H,42,43)(H,44,45)(H,51,52)/t16-,17+,18+,19+,20+,21+,25+/m1/s1. The van der Waals surface area contributed by atoms with Crippen LogP contribution in [0, 0.1) is 5.92 Å². The van der Waals surface area contributed by atoms with Crippen LogP contribution in [0.3, 0.4) is 0 Å². The number of hydrogen-bond donors (Lipinski definition) is 12. The van der Waals surface area contributed by atoms with Crippen molar-refractivity contribution in [2.75, 3.05) is 6.54 Å². The summed E-state index contributed by atoms with van der Waals surface area (Å²) >= 11 is 0. The highest BCUT2D eigenvalue weighted by Gasteiger charge is 2.35. The second-order valence-corrected chi connectivity index (χ2v) is 12.7. The van der Waals surface area contributed by atoms with Gasteiger partial charge in [0, 0.05) is 19.3 Å². The second-order valence-electron chi connectivity index (χ2n) is 12.7. The number of amides is 6. The molecule has 6 amide bonds. The number of nitrogens with one attached hydrogen (secondary N) is 5. The largest absolute Gasteiger partial charge is 0.481 e. The van der Waals surface area contributed by atoms with Crippen LogP contribution in [0.1, 0.15) is 85.0 Å². The molecule has 15 N–H and O–H groups in total. The van der Waals surface area contributed by atoms with Gasteiger partial charge in [-0.3, -0.25) is 38.4 Å². The van der Waals surface area contributed by atoms with Crippen molar-refractivity contribution in [1.82, 2.24) is 26.6 Å². The van der Waals surface area contributed by atoms with E-state index in [-0.39, 0.29) is 25.3 Å². The summed E-state index contributed by atoms with van der Waals surface area (Å²) in [6.45, 7) is 4.97. The molecule has 0 radical (unpaired) electrons. The first kappa shape index (κ1) is 47.1. The van der Waals surface area contributed by atoms with Crippen LogP contribution in [-0.4, -0.2) is 123 Å². The van der Waals surface area contributed by atoms with Gasteiger partial charge in [-0.1, -0.05) is 13.8 Å². The lowest BCUT2D eigenvalue weighted by Crippen LogP contribution is -2.61. The number of unbranched alkanes of at least 4 members (excludes halogenated alkanes) is 1. The molecule has 21 nitrogen and oxygen atoms in total. The zero-order valence-corrected chi connectivity index (χ0v) is 29.6. The molecule has 0 bridgehead atoms. The Hall–Kier alpha value is -4.89. The van der Waals surface area contributed by atoms with Crippen LogP contribution in [0.5, 0.6) is 0 Å². The van der Waals surface area contributed by atoms with Crippen molar-refractivity contribution in [3.8, 4) is 0 Å². The second kappa shape index (κ2) is 24.3. The first-order valence-electron chi connectivity index (χ1n) is 16.8. The molecular weight excluding hydrogens is 692 g/mol. The summed E-state index contributed by atoms with van der Waals surface area (Å²) in [6.07, 6.45) is -3.74. The number of primary amides is 1. The highest BCUT2D eigenvalue weighted by Crippen LogP contribution is 2.09. The average molecular weight is 747 g/mol. The van der Waals surface area contributed by atoms with E-state index in [1.807, 2.05) is 0 Å². The fourth-order valence-electron chi connectivity index (χ4n) is 4.74. The fraction of sp³-hybridized carbons (Fsp3) is 0.710. The van der Waals surface area contributed by atoms with Crippen molar-refractivity contribution in [3.63, 3.8) is 0 Å². The first-order chi connectivity index (χ1) is 24.2. The van der Waals surface area contributed by atoms with Crippen LogP contribution in [-0.2, 0) is 43.2 Å². The Morgan fingerprint density at radius 1 is 0.577 bits per heavy atom. The number of nitrogens with two attached hydrogens (primary N) is 3. The van der Waals surface area contributed by atoms with E-state index in [2.05, 4.69) is 26.6 Å². The van der Waals surface area contributed by atoms with E-state index in [0.717, 1.165) is 6.92 Å². The predicted molar refractivity (Wildman–Crippen MR) is 181 cm³/mol. The van der Waals surface area contributed by atoms with Gasteiger partial charge in [0.1, 0.15) is 30.2 Å². The molecule has 296 valence electrons. The van der Waals surface area contributed by atoms with Crippen LogP contribution >= 0.6 is 0 Å². The summed E-state index contributed by atoms with van der Waals surface area (Å²) < 4.78 is 0. The van der Waals surface area contributed by atoms with Gasteiger partial charge in [0.05, 0.1) is 12.1 Å². The molecule has 0 aliphatic carbocycles. The van der Waals surface area contributed by atoms with Crippen LogP contribution in [0.25, 0.3) is 0 Å². The number of carboxylic acid groups (broad SMARTS) is 3. The van der Waals surface area contributed by atoms with E-state index in [9.17, 15) is 58.5 Å². The van der Waals surface area contributed by atoms with E-state index in [0.29, 0.717) is 12.8 Å². The zero-order chi connectivity index (χ0) is 40.1. The normalized spacial score (nSPS) is 15.1. The molecule has 0 unspecified atom stereocenters. The van der Waals surface area contributed by atoms with Gasteiger partial charge in [-0.2, -0.15) is 0 Å². The summed E-state index contributed by atoms with van der Waals surface area (Å²) in [7, 11) is 0. The minimum Gasteiger partial charge on any atom is -0.481 e. The van der Waals surface area contributed by atoms with E-state index in [1.165, 1.54) is 0 Å². The molecule has 0 aromatic carbocycles. The van der Waals surface area contributed by atoms with Crippen molar-refractivity contribution in [2.24, 2.45) is 23.1 Å². The quantitative estimate of drug-likeness (QED) is 0.0361. The Morgan fingerprint density at radius 3 is 1.40 bits per heavy atom. The Balaban J connectivity index is 6.21. The lowest BCUT2D eigenvalue weighted by Gasteiger charge is -2.28. The number of carboxylic acids is 3. The van der Waals surface area contributed by atoms with Crippen LogP contribution in [0.15, 0.2) is 0 Å². The number of hydrogen-bond acceptors (Lipinski definition) is 12. The van der Waals surface area contributed by atoms with Gasteiger partial charge in [0.25, 0.3) is 0 Å². The predicted octanol–water partition coefficient (Wildman–Crippen LogP) is -3.63. The minimum atomic E-state index is -1.82. The molecule has 52 heavy (non-hydrogen) atoms. The van der Waals surface area contributed by atoms with E-state index in [1.54, 1.807) is 13.8 Å². The van der Waals surface area contributed by atoms with Gasteiger partial charge < -0.3 is 64.2 Å². The third-order valence-electron chi connectivity index (χ3n) is 7.56.